The van der Waals surface area contributed by atoms with E-state index in [1.807, 2.05) is 30.3 Å². The van der Waals surface area contributed by atoms with Crippen LogP contribution in [-0.4, -0.2) is 16.4 Å². The molecule has 96 valence electrons. The van der Waals surface area contributed by atoms with E-state index in [4.69, 9.17) is 10.5 Å². The Morgan fingerprint density at radius 3 is 2.79 bits per heavy atom. The molecule has 0 saturated carbocycles. The van der Waals surface area contributed by atoms with E-state index in [1.165, 1.54) is 0 Å². The van der Waals surface area contributed by atoms with Crippen molar-refractivity contribution < 1.29 is 4.74 Å². The highest BCUT2D eigenvalue weighted by Crippen LogP contribution is 2.32. The fourth-order valence-corrected chi connectivity index (χ4v) is 2.35. The minimum atomic E-state index is -0.109. The molecule has 5 nitrogen and oxygen atoms in total. The molecule has 1 aromatic heterocycles. The number of benzene rings is 1. The van der Waals surface area contributed by atoms with Gasteiger partial charge in [-0.25, -0.2) is 4.68 Å². The van der Waals surface area contributed by atoms with Crippen LogP contribution in [0.25, 0.3) is 5.69 Å². The minimum Gasteiger partial charge on any atom is -0.382 e. The maximum atomic E-state index is 9.28. The van der Waals surface area contributed by atoms with Gasteiger partial charge in [-0.2, -0.15) is 10.4 Å². The van der Waals surface area contributed by atoms with E-state index in [0.29, 0.717) is 23.7 Å². The molecule has 2 aromatic rings. The Balaban J connectivity index is 2.10. The molecule has 0 bridgehead atoms. The van der Waals surface area contributed by atoms with E-state index in [2.05, 4.69) is 11.2 Å². The maximum absolute atomic E-state index is 9.28. The number of rotatable bonds is 2. The number of ether oxygens (including phenoxy) is 1. The second-order valence-electron chi connectivity index (χ2n) is 4.51. The number of nitrogens with zero attached hydrogens (tertiary/aromatic N) is 3. The van der Waals surface area contributed by atoms with Crippen LogP contribution in [0.15, 0.2) is 30.3 Å². The normalized spacial score (nSPS) is 18.4. The molecular weight excluding hydrogens is 240 g/mol. The van der Waals surface area contributed by atoms with Crippen LogP contribution < -0.4 is 5.73 Å². The highest BCUT2D eigenvalue weighted by molar-refractivity contribution is 5.56. The first-order chi connectivity index (χ1) is 9.31. The van der Waals surface area contributed by atoms with E-state index >= 15 is 0 Å². The topological polar surface area (TPSA) is 76.9 Å². The SMILES string of the molecule is N#Cc1c(C2CCCO2)nn(-c2ccccc2)c1N. The van der Waals surface area contributed by atoms with Gasteiger partial charge in [0.1, 0.15) is 29.2 Å². The number of anilines is 1. The summed E-state index contributed by atoms with van der Waals surface area (Å²) in [6.07, 6.45) is 1.77. The molecule has 1 aromatic carbocycles. The third-order valence-corrected chi connectivity index (χ3v) is 3.30. The van der Waals surface area contributed by atoms with Crippen molar-refractivity contribution >= 4 is 5.82 Å². The van der Waals surface area contributed by atoms with Crippen LogP contribution in [0.3, 0.4) is 0 Å². The molecule has 1 atom stereocenters. The summed E-state index contributed by atoms with van der Waals surface area (Å²) in [4.78, 5) is 0. The Kier molecular flexibility index (Phi) is 2.94. The molecule has 0 radical (unpaired) electrons. The van der Waals surface area contributed by atoms with E-state index in [9.17, 15) is 5.26 Å². The Morgan fingerprint density at radius 2 is 2.16 bits per heavy atom. The number of nitrogens with two attached hydrogens (primary N) is 1. The fraction of sp³-hybridized carbons (Fsp3) is 0.286. The zero-order valence-electron chi connectivity index (χ0n) is 10.4. The Hall–Kier alpha value is -2.32. The highest BCUT2D eigenvalue weighted by atomic mass is 16.5. The number of hydrogen-bond donors (Lipinski definition) is 1. The van der Waals surface area contributed by atoms with Gasteiger partial charge in [0.2, 0.25) is 0 Å². The Morgan fingerprint density at radius 1 is 1.37 bits per heavy atom. The summed E-state index contributed by atoms with van der Waals surface area (Å²) in [6.45, 7) is 0.716. The average Bonchev–Trinajstić information content (AvgIpc) is 3.07. The summed E-state index contributed by atoms with van der Waals surface area (Å²) >= 11 is 0. The molecule has 2 heterocycles. The van der Waals surface area contributed by atoms with E-state index in [1.54, 1.807) is 4.68 Å². The van der Waals surface area contributed by atoms with Gasteiger partial charge >= 0.3 is 0 Å². The lowest BCUT2D eigenvalue weighted by molar-refractivity contribution is 0.108. The quantitative estimate of drug-likeness (QED) is 0.891. The predicted molar refractivity (Wildman–Crippen MR) is 70.6 cm³/mol. The molecule has 1 aliphatic heterocycles. The third kappa shape index (κ3) is 1.96. The van der Waals surface area contributed by atoms with Crippen LogP contribution in [0.2, 0.25) is 0 Å². The molecule has 0 amide bonds. The van der Waals surface area contributed by atoms with Crippen molar-refractivity contribution in [3.05, 3.63) is 41.6 Å². The summed E-state index contributed by atoms with van der Waals surface area (Å²) in [5.74, 6) is 0.374. The first-order valence-corrected chi connectivity index (χ1v) is 6.27. The van der Waals surface area contributed by atoms with E-state index < -0.39 is 0 Å². The molecule has 2 N–H and O–H groups in total. The van der Waals surface area contributed by atoms with E-state index in [0.717, 1.165) is 18.5 Å². The van der Waals surface area contributed by atoms with Gasteiger partial charge in [0.05, 0.1) is 5.69 Å². The highest BCUT2D eigenvalue weighted by Gasteiger charge is 2.27. The van der Waals surface area contributed by atoms with Crippen molar-refractivity contribution in [2.75, 3.05) is 12.3 Å². The summed E-state index contributed by atoms with van der Waals surface area (Å²) in [7, 11) is 0. The zero-order valence-corrected chi connectivity index (χ0v) is 10.4. The molecule has 1 saturated heterocycles. The summed E-state index contributed by atoms with van der Waals surface area (Å²) in [5.41, 5.74) is 7.97. The summed E-state index contributed by atoms with van der Waals surface area (Å²) < 4.78 is 7.21. The molecule has 5 heteroatoms. The summed E-state index contributed by atoms with van der Waals surface area (Å²) in [5, 5.41) is 13.8. The second kappa shape index (κ2) is 4.75. The van der Waals surface area contributed by atoms with Crippen molar-refractivity contribution in [1.29, 1.82) is 5.26 Å². The largest absolute Gasteiger partial charge is 0.382 e. The van der Waals surface area contributed by atoms with Crippen LogP contribution in [0.1, 0.15) is 30.2 Å². The first-order valence-electron chi connectivity index (χ1n) is 6.27. The summed E-state index contributed by atoms with van der Waals surface area (Å²) in [6, 6.07) is 11.7. The van der Waals surface area contributed by atoms with Crippen molar-refractivity contribution in [3.63, 3.8) is 0 Å². The van der Waals surface area contributed by atoms with Gasteiger partial charge in [0.25, 0.3) is 0 Å². The number of aromatic nitrogens is 2. The molecule has 19 heavy (non-hydrogen) atoms. The van der Waals surface area contributed by atoms with Gasteiger partial charge < -0.3 is 10.5 Å². The van der Waals surface area contributed by atoms with Gasteiger partial charge in [-0.15, -0.1) is 0 Å². The lowest BCUT2D eigenvalue weighted by Crippen LogP contribution is -2.02. The lowest BCUT2D eigenvalue weighted by Gasteiger charge is -2.05. The van der Waals surface area contributed by atoms with Gasteiger partial charge in [-0.05, 0) is 25.0 Å². The molecule has 0 spiro atoms. The number of para-hydroxylation sites is 1. The Bertz CT molecular complexity index is 621. The maximum Gasteiger partial charge on any atom is 0.145 e. The van der Waals surface area contributed by atoms with Crippen LogP contribution in [0.5, 0.6) is 0 Å². The van der Waals surface area contributed by atoms with Crippen molar-refractivity contribution in [3.8, 4) is 11.8 Å². The van der Waals surface area contributed by atoms with Crippen molar-refractivity contribution in [2.24, 2.45) is 0 Å². The average molecular weight is 254 g/mol. The van der Waals surface area contributed by atoms with Gasteiger partial charge in [-0.1, -0.05) is 18.2 Å². The van der Waals surface area contributed by atoms with Crippen LogP contribution in [0, 0.1) is 11.3 Å². The van der Waals surface area contributed by atoms with Crippen molar-refractivity contribution in [2.45, 2.75) is 18.9 Å². The minimum absolute atomic E-state index is 0.109. The zero-order chi connectivity index (χ0) is 13.2. The van der Waals surface area contributed by atoms with Gasteiger partial charge in [-0.3, -0.25) is 0 Å². The second-order valence-corrected chi connectivity index (χ2v) is 4.51. The molecule has 1 aliphatic rings. The standard InChI is InChI=1S/C14H14N4O/c15-9-11-13(12-7-4-8-19-12)17-18(14(11)16)10-5-2-1-3-6-10/h1-3,5-6,12H,4,7-8,16H2. The van der Waals surface area contributed by atoms with Gasteiger partial charge in [0.15, 0.2) is 0 Å². The molecule has 0 aliphatic carbocycles. The van der Waals surface area contributed by atoms with Crippen molar-refractivity contribution in [1.82, 2.24) is 9.78 Å². The third-order valence-electron chi connectivity index (χ3n) is 3.30. The number of nitrogen functional groups attached to an aromatic ring is 1. The predicted octanol–water partition coefficient (Wildman–Crippen LogP) is 2.18. The van der Waals surface area contributed by atoms with Crippen LogP contribution in [0.4, 0.5) is 5.82 Å². The molecule has 1 unspecified atom stereocenters. The Labute approximate surface area is 111 Å². The molecule has 1 fully saturated rings. The van der Waals surface area contributed by atoms with E-state index in [-0.39, 0.29) is 6.10 Å². The monoisotopic (exact) mass is 254 g/mol. The number of nitriles is 1. The lowest BCUT2D eigenvalue weighted by atomic mass is 10.1. The van der Waals surface area contributed by atoms with Gasteiger partial charge in [0, 0.05) is 6.61 Å². The molecule has 3 rings (SSSR count). The van der Waals surface area contributed by atoms with Crippen LogP contribution in [-0.2, 0) is 4.74 Å². The fourth-order valence-electron chi connectivity index (χ4n) is 2.35. The smallest absolute Gasteiger partial charge is 0.145 e. The molecular formula is C14H14N4O. The number of hydrogen-bond acceptors (Lipinski definition) is 4. The van der Waals surface area contributed by atoms with Crippen LogP contribution >= 0.6 is 0 Å². The first kappa shape index (κ1) is 11.8.